The summed E-state index contributed by atoms with van der Waals surface area (Å²) in [6.07, 6.45) is 2.05. The molecule has 25 heavy (non-hydrogen) atoms. The Morgan fingerprint density at radius 1 is 1.28 bits per heavy atom. The molecule has 1 atom stereocenters. The Morgan fingerprint density at radius 3 is 2.72 bits per heavy atom. The van der Waals surface area contributed by atoms with Crippen molar-refractivity contribution in [3.8, 4) is 0 Å². The Bertz CT molecular complexity index is 929. The van der Waals surface area contributed by atoms with Gasteiger partial charge in [-0.05, 0) is 53.8 Å². The molecule has 126 valence electrons. The number of hydrogen-bond donors (Lipinski definition) is 0. The van der Waals surface area contributed by atoms with Gasteiger partial charge in [-0.3, -0.25) is 4.79 Å². The summed E-state index contributed by atoms with van der Waals surface area (Å²) in [5.41, 5.74) is 2.70. The molecule has 4 nitrogen and oxygen atoms in total. The molecule has 0 aliphatic carbocycles. The molecule has 0 saturated heterocycles. The molecular weight excluding hydrogens is 339 g/mol. The van der Waals surface area contributed by atoms with Crippen LogP contribution in [-0.4, -0.2) is 16.6 Å². The van der Waals surface area contributed by atoms with E-state index in [4.69, 9.17) is 4.42 Å². The number of aryl methyl sites for hydroxylation is 1. The van der Waals surface area contributed by atoms with Crippen molar-refractivity contribution in [1.29, 1.82) is 0 Å². The van der Waals surface area contributed by atoms with Gasteiger partial charge in [0, 0.05) is 11.3 Å². The molecule has 0 unspecified atom stereocenters. The predicted octanol–water partition coefficient (Wildman–Crippen LogP) is 4.78. The number of rotatable bonds is 3. The molecule has 4 rings (SSSR count). The quantitative estimate of drug-likeness (QED) is 0.679. The lowest BCUT2D eigenvalue weighted by Gasteiger charge is -2.20. The number of hydrazone groups is 1. The van der Waals surface area contributed by atoms with E-state index in [1.165, 1.54) is 23.4 Å². The number of benzene rings is 1. The number of nitrogens with zero attached hydrogens (tertiary/aromatic N) is 2. The summed E-state index contributed by atoms with van der Waals surface area (Å²) in [7, 11) is 0. The third-order valence-electron chi connectivity index (χ3n) is 4.23. The first-order valence-corrected chi connectivity index (χ1v) is 8.76. The molecule has 0 fully saturated rings. The highest BCUT2D eigenvalue weighted by molar-refractivity contribution is 7.10. The number of amides is 1. The lowest BCUT2D eigenvalue weighted by atomic mass is 10.0. The highest BCUT2D eigenvalue weighted by atomic mass is 32.1. The van der Waals surface area contributed by atoms with E-state index < -0.39 is 0 Å². The maximum absolute atomic E-state index is 13.2. The Labute approximate surface area is 148 Å². The van der Waals surface area contributed by atoms with Gasteiger partial charge in [0.05, 0.1) is 18.0 Å². The SMILES string of the molecule is Cc1ccsc1[C@@H]1CC(c2ccc(F)cc2)=NN1C(=O)c1ccco1. The second-order valence-corrected chi connectivity index (χ2v) is 6.82. The van der Waals surface area contributed by atoms with E-state index in [2.05, 4.69) is 5.10 Å². The average molecular weight is 354 g/mol. The Kier molecular flexibility index (Phi) is 3.97. The van der Waals surface area contributed by atoms with Gasteiger partial charge in [-0.2, -0.15) is 5.10 Å². The van der Waals surface area contributed by atoms with Crippen LogP contribution in [0.1, 0.15) is 39.0 Å². The van der Waals surface area contributed by atoms with Gasteiger partial charge in [-0.15, -0.1) is 11.3 Å². The number of thiophene rings is 1. The van der Waals surface area contributed by atoms with Crippen LogP contribution in [0.25, 0.3) is 0 Å². The minimum absolute atomic E-state index is 0.183. The molecule has 1 amide bonds. The third kappa shape index (κ3) is 2.89. The Hall–Kier alpha value is -2.73. The van der Waals surface area contributed by atoms with E-state index >= 15 is 0 Å². The van der Waals surface area contributed by atoms with Crippen LogP contribution in [0, 0.1) is 12.7 Å². The van der Waals surface area contributed by atoms with E-state index in [1.807, 2.05) is 18.4 Å². The highest BCUT2D eigenvalue weighted by Gasteiger charge is 2.36. The first-order chi connectivity index (χ1) is 12.1. The smallest absolute Gasteiger partial charge is 0.310 e. The van der Waals surface area contributed by atoms with Crippen LogP contribution in [0.4, 0.5) is 4.39 Å². The van der Waals surface area contributed by atoms with Crippen LogP contribution < -0.4 is 0 Å². The van der Waals surface area contributed by atoms with Gasteiger partial charge in [0.25, 0.3) is 0 Å². The van der Waals surface area contributed by atoms with Crippen molar-refractivity contribution in [2.45, 2.75) is 19.4 Å². The summed E-state index contributed by atoms with van der Waals surface area (Å²) in [5, 5.41) is 8.04. The van der Waals surface area contributed by atoms with Crippen LogP contribution in [0.15, 0.2) is 63.6 Å². The number of halogens is 1. The zero-order chi connectivity index (χ0) is 17.4. The molecule has 1 aliphatic heterocycles. The second kappa shape index (κ2) is 6.29. The zero-order valence-corrected chi connectivity index (χ0v) is 14.3. The molecule has 6 heteroatoms. The topological polar surface area (TPSA) is 45.8 Å². The van der Waals surface area contributed by atoms with Gasteiger partial charge in [0.1, 0.15) is 5.82 Å². The van der Waals surface area contributed by atoms with Gasteiger partial charge in [0.2, 0.25) is 0 Å². The molecule has 0 spiro atoms. The van der Waals surface area contributed by atoms with Crippen LogP contribution >= 0.6 is 11.3 Å². The summed E-state index contributed by atoms with van der Waals surface area (Å²) >= 11 is 1.61. The van der Waals surface area contributed by atoms with Gasteiger partial charge in [0.15, 0.2) is 5.76 Å². The molecule has 0 saturated carbocycles. The molecule has 0 bridgehead atoms. The Morgan fingerprint density at radius 2 is 2.08 bits per heavy atom. The molecule has 2 aromatic heterocycles. The van der Waals surface area contributed by atoms with Gasteiger partial charge >= 0.3 is 5.91 Å². The largest absolute Gasteiger partial charge is 0.459 e. The standard InChI is InChI=1S/C19H15FN2O2S/c1-12-8-10-25-18(12)16-11-15(13-4-6-14(20)7-5-13)21-22(16)19(23)17-3-2-9-24-17/h2-10,16H,11H2,1H3/t16-/m0/s1. The maximum atomic E-state index is 13.2. The Balaban J connectivity index is 1.73. The van der Waals surface area contributed by atoms with Gasteiger partial charge in [-0.25, -0.2) is 9.40 Å². The van der Waals surface area contributed by atoms with Crippen LogP contribution in [0.5, 0.6) is 0 Å². The molecule has 1 aliphatic rings. The number of furan rings is 1. The van der Waals surface area contributed by atoms with Crippen molar-refractivity contribution in [1.82, 2.24) is 5.01 Å². The monoisotopic (exact) mass is 354 g/mol. The van der Waals surface area contributed by atoms with Crippen molar-refractivity contribution in [3.63, 3.8) is 0 Å². The molecule has 0 radical (unpaired) electrons. The lowest BCUT2D eigenvalue weighted by Crippen LogP contribution is -2.26. The lowest BCUT2D eigenvalue weighted by molar-refractivity contribution is 0.0681. The van der Waals surface area contributed by atoms with E-state index in [9.17, 15) is 9.18 Å². The third-order valence-corrected chi connectivity index (χ3v) is 5.35. The van der Waals surface area contributed by atoms with Gasteiger partial charge in [-0.1, -0.05) is 12.1 Å². The normalized spacial score (nSPS) is 17.0. The molecule has 3 aromatic rings. The first-order valence-electron chi connectivity index (χ1n) is 7.88. The average Bonchev–Trinajstić information content (AvgIpc) is 3.35. The van der Waals surface area contributed by atoms with Gasteiger partial charge < -0.3 is 4.42 Å². The minimum Gasteiger partial charge on any atom is -0.459 e. The minimum atomic E-state index is -0.295. The molecular formula is C19H15FN2O2S. The summed E-state index contributed by atoms with van der Waals surface area (Å²) in [6.45, 7) is 2.03. The van der Waals surface area contributed by atoms with Crippen molar-refractivity contribution in [2.24, 2.45) is 5.10 Å². The first kappa shape index (κ1) is 15.8. The van der Waals surface area contributed by atoms with Crippen molar-refractivity contribution < 1.29 is 13.6 Å². The maximum Gasteiger partial charge on any atom is 0.310 e. The van der Waals surface area contributed by atoms with E-state index in [0.29, 0.717) is 6.42 Å². The van der Waals surface area contributed by atoms with Crippen LogP contribution in [0.3, 0.4) is 0 Å². The summed E-state index contributed by atoms with van der Waals surface area (Å²) in [5.74, 6) is -0.320. The molecule has 3 heterocycles. The number of hydrogen-bond acceptors (Lipinski definition) is 4. The predicted molar refractivity (Wildman–Crippen MR) is 94.2 cm³/mol. The molecule has 0 N–H and O–H groups in total. The van der Waals surface area contributed by atoms with Crippen molar-refractivity contribution in [3.05, 3.63) is 81.7 Å². The number of carbonyl (C=O) groups excluding carboxylic acids is 1. The second-order valence-electron chi connectivity index (χ2n) is 5.87. The van der Waals surface area contributed by atoms with Crippen LogP contribution in [-0.2, 0) is 0 Å². The summed E-state index contributed by atoms with van der Waals surface area (Å²) < 4.78 is 18.5. The fraction of sp³-hybridized carbons (Fsp3) is 0.158. The fourth-order valence-corrected chi connectivity index (χ4v) is 3.97. The summed E-state index contributed by atoms with van der Waals surface area (Å²) in [6, 6.07) is 11.3. The zero-order valence-electron chi connectivity index (χ0n) is 13.5. The fourth-order valence-electron chi connectivity index (χ4n) is 2.96. The van der Waals surface area contributed by atoms with E-state index in [1.54, 1.807) is 35.6 Å². The number of carbonyl (C=O) groups is 1. The van der Waals surface area contributed by atoms with E-state index in [-0.39, 0.29) is 23.5 Å². The molecule has 1 aromatic carbocycles. The summed E-state index contributed by atoms with van der Waals surface area (Å²) in [4.78, 5) is 13.9. The highest BCUT2D eigenvalue weighted by Crippen LogP contribution is 2.38. The van der Waals surface area contributed by atoms with E-state index in [0.717, 1.165) is 21.7 Å². The van der Waals surface area contributed by atoms with Crippen molar-refractivity contribution in [2.75, 3.05) is 0 Å². The van der Waals surface area contributed by atoms with Crippen LogP contribution in [0.2, 0.25) is 0 Å². The van der Waals surface area contributed by atoms with Crippen molar-refractivity contribution >= 4 is 23.0 Å².